The molecule has 0 atom stereocenters. The second-order valence-electron chi connectivity index (χ2n) is 5.70. The molecule has 0 aliphatic carbocycles. The van der Waals surface area contributed by atoms with Crippen LogP contribution in [0.4, 0.5) is 5.69 Å². The summed E-state index contributed by atoms with van der Waals surface area (Å²) in [6, 6.07) is 4.64. The summed E-state index contributed by atoms with van der Waals surface area (Å²) in [7, 11) is 0. The Hall–Kier alpha value is -0.800. The molecule has 24 heavy (non-hydrogen) atoms. The molecule has 3 rings (SSSR count). The molecule has 2 aliphatic heterocycles. The van der Waals surface area contributed by atoms with E-state index in [1.165, 1.54) is 35.9 Å². The monoisotopic (exact) mass is 474 g/mol. The summed E-state index contributed by atoms with van der Waals surface area (Å²) in [6.45, 7) is 10.1. The van der Waals surface area contributed by atoms with E-state index in [1.54, 1.807) is 4.90 Å². The number of hydrogen-bond donors (Lipinski definition) is 0. The minimum atomic E-state index is -0.411. The quantitative estimate of drug-likeness (QED) is 0.384. The van der Waals surface area contributed by atoms with Gasteiger partial charge in [-0.05, 0) is 0 Å². The van der Waals surface area contributed by atoms with Crippen molar-refractivity contribution < 1.29 is 4.79 Å². The number of thiocarbonyl (C=S) groups is 1. The fraction of sp³-hybridized carbons (Fsp3) is 0.333. The molecule has 1 aromatic rings. The standard InChI is InChI=1S/C18H20N2OS2Te/c1-5-19-13-9-11(3)12(4)10-15(13)24-16(19)8-7-14-17(21)20(6-2)18(22)23-14/h7-10H,5-6H2,1-4H3. The Morgan fingerprint density at radius 3 is 2.42 bits per heavy atom. The van der Waals surface area contributed by atoms with Crippen LogP contribution in [0.2, 0.25) is 0 Å². The molecule has 0 spiro atoms. The molecule has 0 radical (unpaired) electrons. The van der Waals surface area contributed by atoms with Crippen molar-refractivity contribution in [3.63, 3.8) is 0 Å². The van der Waals surface area contributed by atoms with Crippen molar-refractivity contribution in [3.05, 3.63) is 44.1 Å². The van der Waals surface area contributed by atoms with E-state index in [0.29, 0.717) is 10.9 Å². The van der Waals surface area contributed by atoms with Crippen LogP contribution < -0.4 is 8.51 Å². The summed E-state index contributed by atoms with van der Waals surface area (Å²) < 4.78 is 3.52. The topological polar surface area (TPSA) is 23.6 Å². The second kappa shape index (κ2) is 7.21. The number of carbonyl (C=O) groups is 1. The van der Waals surface area contributed by atoms with E-state index in [0.717, 1.165) is 11.4 Å². The van der Waals surface area contributed by atoms with E-state index >= 15 is 0 Å². The van der Waals surface area contributed by atoms with Gasteiger partial charge in [0, 0.05) is 0 Å². The van der Waals surface area contributed by atoms with Gasteiger partial charge in [0.25, 0.3) is 0 Å². The molecule has 1 aromatic carbocycles. The molecule has 6 heteroatoms. The van der Waals surface area contributed by atoms with Crippen molar-refractivity contribution in [2.24, 2.45) is 0 Å². The van der Waals surface area contributed by atoms with Gasteiger partial charge in [0.15, 0.2) is 0 Å². The average molecular weight is 472 g/mol. The maximum atomic E-state index is 12.3. The summed E-state index contributed by atoms with van der Waals surface area (Å²) in [4.78, 5) is 17.1. The molecule has 0 unspecified atom stereocenters. The van der Waals surface area contributed by atoms with Crippen molar-refractivity contribution in [1.82, 2.24) is 4.90 Å². The zero-order chi connectivity index (χ0) is 17.4. The fourth-order valence-corrected chi connectivity index (χ4v) is 7.51. The van der Waals surface area contributed by atoms with Crippen LogP contribution in [0, 0.1) is 13.8 Å². The molecule has 1 saturated heterocycles. The van der Waals surface area contributed by atoms with Crippen molar-refractivity contribution in [3.8, 4) is 0 Å². The SMILES string of the molecule is CCN1C(=O)C(=CC=C2[Te]c3cc(C)c(C)cc3N2CC)SC1=S. The van der Waals surface area contributed by atoms with Crippen molar-refractivity contribution in [2.45, 2.75) is 27.7 Å². The number of carbonyl (C=O) groups excluding carboxylic acids is 1. The molecular formula is C18H20N2OS2Te. The van der Waals surface area contributed by atoms with Gasteiger partial charge in [-0.3, -0.25) is 0 Å². The number of rotatable bonds is 3. The van der Waals surface area contributed by atoms with Crippen LogP contribution in [0.25, 0.3) is 0 Å². The molecule has 2 heterocycles. The fourth-order valence-electron chi connectivity index (χ4n) is 2.74. The Bertz CT molecular complexity index is 785. The molecule has 126 valence electrons. The number of anilines is 1. The first kappa shape index (κ1) is 18.0. The van der Waals surface area contributed by atoms with Gasteiger partial charge >= 0.3 is 164 Å². The van der Waals surface area contributed by atoms with E-state index in [4.69, 9.17) is 12.2 Å². The van der Waals surface area contributed by atoms with Gasteiger partial charge < -0.3 is 0 Å². The van der Waals surface area contributed by atoms with Crippen LogP contribution in [-0.4, -0.2) is 49.1 Å². The van der Waals surface area contributed by atoms with Crippen molar-refractivity contribution in [1.29, 1.82) is 0 Å². The number of aryl methyl sites for hydroxylation is 2. The molecule has 2 aliphatic rings. The number of likely N-dealkylation sites (N-methyl/N-ethyl adjacent to an activating group) is 1. The van der Waals surface area contributed by atoms with Gasteiger partial charge in [-0.1, -0.05) is 0 Å². The third kappa shape index (κ3) is 3.17. The number of fused-ring (bicyclic) bond motifs is 1. The Balaban J connectivity index is 1.91. The second-order valence-corrected chi connectivity index (χ2v) is 10.4. The molecule has 1 fully saturated rings. The number of thioether (sulfide) groups is 1. The number of benzene rings is 1. The normalized spacial score (nSPS) is 20.7. The summed E-state index contributed by atoms with van der Waals surface area (Å²) in [5.41, 5.74) is 4.05. The predicted octanol–water partition coefficient (Wildman–Crippen LogP) is 3.08. The number of nitrogens with zero attached hydrogens (tertiary/aromatic N) is 2. The molecule has 0 saturated carbocycles. The Morgan fingerprint density at radius 2 is 1.79 bits per heavy atom. The molecular weight excluding hydrogens is 452 g/mol. The van der Waals surface area contributed by atoms with Gasteiger partial charge in [-0.2, -0.15) is 0 Å². The molecule has 0 bridgehead atoms. The van der Waals surface area contributed by atoms with Crippen molar-refractivity contribution in [2.75, 3.05) is 18.0 Å². The van der Waals surface area contributed by atoms with Crippen molar-refractivity contribution >= 4 is 64.4 Å². The summed E-state index contributed by atoms with van der Waals surface area (Å²) in [5.74, 6) is 0.0372. The van der Waals surface area contributed by atoms with Crippen LogP contribution in [0.15, 0.2) is 32.9 Å². The zero-order valence-corrected chi connectivity index (χ0v) is 18.2. The summed E-state index contributed by atoms with van der Waals surface area (Å²) in [6.07, 6.45) is 4.10. The van der Waals surface area contributed by atoms with Gasteiger partial charge in [-0.15, -0.1) is 0 Å². The molecule has 0 aromatic heterocycles. The van der Waals surface area contributed by atoms with Gasteiger partial charge in [0.1, 0.15) is 0 Å². The Labute approximate surface area is 163 Å². The van der Waals surface area contributed by atoms with Crippen LogP contribution in [-0.2, 0) is 4.79 Å². The molecule has 1 amide bonds. The van der Waals surface area contributed by atoms with Crippen LogP contribution in [0.5, 0.6) is 0 Å². The van der Waals surface area contributed by atoms with E-state index in [-0.39, 0.29) is 5.91 Å². The third-order valence-electron chi connectivity index (χ3n) is 4.23. The summed E-state index contributed by atoms with van der Waals surface area (Å²) in [5, 5.41) is 0. The van der Waals surface area contributed by atoms with Gasteiger partial charge in [0.2, 0.25) is 0 Å². The third-order valence-corrected chi connectivity index (χ3v) is 8.80. The number of hydrogen-bond acceptors (Lipinski definition) is 4. The van der Waals surface area contributed by atoms with Crippen LogP contribution in [0.1, 0.15) is 25.0 Å². The van der Waals surface area contributed by atoms with E-state index in [2.05, 4.69) is 43.9 Å². The van der Waals surface area contributed by atoms with Gasteiger partial charge in [-0.25, -0.2) is 0 Å². The average Bonchev–Trinajstić information content (AvgIpc) is 3.02. The molecule has 3 nitrogen and oxygen atoms in total. The maximum absolute atomic E-state index is 12.3. The minimum absolute atomic E-state index is 0.0372. The van der Waals surface area contributed by atoms with E-state index in [9.17, 15) is 4.79 Å². The predicted molar refractivity (Wildman–Crippen MR) is 108 cm³/mol. The first-order valence-corrected chi connectivity index (χ1v) is 11.5. The van der Waals surface area contributed by atoms with Crippen LogP contribution >= 0.6 is 24.0 Å². The molecule has 0 N–H and O–H groups in total. The number of amides is 1. The zero-order valence-electron chi connectivity index (χ0n) is 14.3. The summed E-state index contributed by atoms with van der Waals surface area (Å²) >= 11 is 6.28. The van der Waals surface area contributed by atoms with E-state index in [1.807, 2.05) is 13.0 Å². The number of allylic oxidation sites excluding steroid dienone is 2. The first-order chi connectivity index (χ1) is 11.5. The Kier molecular flexibility index (Phi) is 5.41. The van der Waals surface area contributed by atoms with Crippen LogP contribution in [0.3, 0.4) is 0 Å². The van der Waals surface area contributed by atoms with Gasteiger partial charge in [0.05, 0.1) is 0 Å². The first-order valence-electron chi connectivity index (χ1n) is 7.98. The van der Waals surface area contributed by atoms with E-state index < -0.39 is 20.9 Å². The Morgan fingerprint density at radius 1 is 1.12 bits per heavy atom.